The van der Waals surface area contributed by atoms with E-state index in [1.807, 2.05) is 43.3 Å². The second-order valence-corrected chi connectivity index (χ2v) is 8.78. The molecule has 0 heterocycles. The fraction of sp³-hybridized carbons (Fsp3) is 0.462. The third kappa shape index (κ3) is 6.73. The monoisotopic (exact) mass is 456 g/mol. The van der Waals surface area contributed by atoms with Gasteiger partial charge >= 0.3 is 0 Å². The summed E-state index contributed by atoms with van der Waals surface area (Å²) in [6.45, 7) is 4.23. The molecule has 0 aliphatic heterocycles. The van der Waals surface area contributed by atoms with Gasteiger partial charge in [0.15, 0.2) is 6.61 Å². The molecule has 0 spiro atoms. The molecule has 172 valence electrons. The Morgan fingerprint density at radius 2 is 1.66 bits per heavy atom. The van der Waals surface area contributed by atoms with Crippen molar-refractivity contribution in [3.63, 3.8) is 0 Å². The van der Waals surface area contributed by atoms with Crippen LogP contribution in [0.5, 0.6) is 5.75 Å². The SMILES string of the molecule is CCc1ccc(OCC(=O)N(Cc2ccc(Cl)cc2)[C@H](CC)C(=O)NC2CCCC2)cc1. The van der Waals surface area contributed by atoms with Crippen molar-refractivity contribution in [1.29, 1.82) is 0 Å². The van der Waals surface area contributed by atoms with Gasteiger partial charge in [-0.2, -0.15) is 0 Å². The summed E-state index contributed by atoms with van der Waals surface area (Å²) < 4.78 is 5.77. The number of rotatable bonds is 10. The van der Waals surface area contributed by atoms with Crippen LogP contribution in [0, 0.1) is 0 Å². The zero-order valence-corrected chi connectivity index (χ0v) is 19.7. The summed E-state index contributed by atoms with van der Waals surface area (Å²) in [5, 5.41) is 3.79. The van der Waals surface area contributed by atoms with Gasteiger partial charge in [-0.1, -0.05) is 62.6 Å². The first-order valence-electron chi connectivity index (χ1n) is 11.6. The van der Waals surface area contributed by atoms with Crippen LogP contribution in [0.4, 0.5) is 0 Å². The number of benzene rings is 2. The zero-order chi connectivity index (χ0) is 22.9. The van der Waals surface area contributed by atoms with Gasteiger partial charge in [0.25, 0.3) is 5.91 Å². The average Bonchev–Trinajstić information content (AvgIpc) is 3.32. The van der Waals surface area contributed by atoms with Crippen LogP contribution in [0.1, 0.15) is 57.1 Å². The van der Waals surface area contributed by atoms with E-state index >= 15 is 0 Å². The number of nitrogens with one attached hydrogen (secondary N) is 1. The van der Waals surface area contributed by atoms with Crippen molar-refractivity contribution in [3.05, 3.63) is 64.7 Å². The predicted octanol–water partition coefficient (Wildman–Crippen LogP) is 5.15. The number of halogens is 1. The molecule has 1 atom stereocenters. The van der Waals surface area contributed by atoms with Crippen LogP contribution in [0.25, 0.3) is 0 Å². The Morgan fingerprint density at radius 3 is 2.25 bits per heavy atom. The second-order valence-electron chi connectivity index (χ2n) is 8.35. The van der Waals surface area contributed by atoms with Crippen molar-refractivity contribution in [1.82, 2.24) is 10.2 Å². The maximum absolute atomic E-state index is 13.2. The Balaban J connectivity index is 1.73. The van der Waals surface area contributed by atoms with E-state index in [1.54, 1.807) is 17.0 Å². The Hall–Kier alpha value is -2.53. The van der Waals surface area contributed by atoms with Crippen molar-refractivity contribution in [2.45, 2.75) is 71.0 Å². The van der Waals surface area contributed by atoms with Crippen molar-refractivity contribution in [2.75, 3.05) is 6.61 Å². The first kappa shape index (κ1) is 24.1. The summed E-state index contributed by atoms with van der Waals surface area (Å²) in [5.41, 5.74) is 2.13. The van der Waals surface area contributed by atoms with Crippen molar-refractivity contribution in [3.8, 4) is 5.75 Å². The Morgan fingerprint density at radius 1 is 1.03 bits per heavy atom. The van der Waals surface area contributed by atoms with E-state index in [2.05, 4.69) is 12.2 Å². The van der Waals surface area contributed by atoms with Crippen LogP contribution in [-0.4, -0.2) is 35.4 Å². The molecule has 1 fully saturated rings. The summed E-state index contributed by atoms with van der Waals surface area (Å²) in [4.78, 5) is 28.0. The van der Waals surface area contributed by atoms with Gasteiger partial charge in [-0.05, 0) is 61.1 Å². The summed E-state index contributed by atoms with van der Waals surface area (Å²) in [6.07, 6.45) is 5.76. The van der Waals surface area contributed by atoms with Crippen LogP contribution in [-0.2, 0) is 22.6 Å². The first-order valence-corrected chi connectivity index (χ1v) is 11.9. The highest BCUT2D eigenvalue weighted by Crippen LogP contribution is 2.20. The smallest absolute Gasteiger partial charge is 0.261 e. The minimum atomic E-state index is -0.551. The van der Waals surface area contributed by atoms with E-state index in [0.29, 0.717) is 23.7 Å². The van der Waals surface area contributed by atoms with Gasteiger partial charge in [0.2, 0.25) is 5.91 Å². The molecule has 1 saturated carbocycles. The topological polar surface area (TPSA) is 58.6 Å². The van der Waals surface area contributed by atoms with E-state index in [0.717, 1.165) is 37.7 Å². The van der Waals surface area contributed by atoms with E-state index < -0.39 is 6.04 Å². The van der Waals surface area contributed by atoms with E-state index in [4.69, 9.17) is 16.3 Å². The maximum atomic E-state index is 13.2. The van der Waals surface area contributed by atoms with E-state index in [1.165, 1.54) is 5.56 Å². The quantitative estimate of drug-likeness (QED) is 0.538. The van der Waals surface area contributed by atoms with Crippen molar-refractivity contribution in [2.24, 2.45) is 0 Å². The number of carbonyl (C=O) groups excluding carboxylic acids is 2. The number of amides is 2. The van der Waals surface area contributed by atoms with E-state index in [-0.39, 0.29) is 24.5 Å². The predicted molar refractivity (Wildman–Crippen MR) is 128 cm³/mol. The van der Waals surface area contributed by atoms with Crippen molar-refractivity contribution < 1.29 is 14.3 Å². The summed E-state index contributed by atoms with van der Waals surface area (Å²) in [5.74, 6) is 0.340. The molecule has 0 radical (unpaired) electrons. The average molecular weight is 457 g/mol. The highest BCUT2D eigenvalue weighted by atomic mass is 35.5. The lowest BCUT2D eigenvalue weighted by Crippen LogP contribution is -2.52. The Kier molecular flexibility index (Phi) is 8.98. The molecule has 1 aliphatic rings. The first-order chi connectivity index (χ1) is 15.5. The molecule has 2 aromatic rings. The molecule has 32 heavy (non-hydrogen) atoms. The van der Waals surface area contributed by atoms with Gasteiger partial charge in [-0.25, -0.2) is 0 Å². The summed E-state index contributed by atoms with van der Waals surface area (Å²) >= 11 is 6.02. The molecule has 0 unspecified atom stereocenters. The molecule has 3 rings (SSSR count). The lowest BCUT2D eigenvalue weighted by atomic mass is 10.1. The fourth-order valence-electron chi connectivity index (χ4n) is 4.12. The van der Waals surface area contributed by atoms with E-state index in [9.17, 15) is 9.59 Å². The largest absolute Gasteiger partial charge is 0.484 e. The van der Waals surface area contributed by atoms with Crippen LogP contribution in [0.15, 0.2) is 48.5 Å². The van der Waals surface area contributed by atoms with Crippen LogP contribution < -0.4 is 10.1 Å². The molecule has 0 aromatic heterocycles. The van der Waals surface area contributed by atoms with Gasteiger partial charge in [0.1, 0.15) is 11.8 Å². The Labute approximate surface area is 196 Å². The number of carbonyl (C=O) groups is 2. The molecule has 2 aromatic carbocycles. The molecule has 1 aliphatic carbocycles. The minimum Gasteiger partial charge on any atom is -0.484 e. The van der Waals surface area contributed by atoms with Gasteiger partial charge < -0.3 is 15.0 Å². The maximum Gasteiger partial charge on any atom is 0.261 e. The second kappa shape index (κ2) is 11.9. The normalized spacial score (nSPS) is 14.7. The van der Waals surface area contributed by atoms with Gasteiger partial charge in [-0.15, -0.1) is 0 Å². The molecule has 5 nitrogen and oxygen atoms in total. The molecule has 2 amide bonds. The Bertz CT molecular complexity index is 877. The van der Waals surface area contributed by atoms with Gasteiger partial charge in [-0.3, -0.25) is 9.59 Å². The lowest BCUT2D eigenvalue weighted by molar-refractivity contribution is -0.143. The number of nitrogens with zero attached hydrogens (tertiary/aromatic N) is 1. The molecular formula is C26H33ClN2O3. The molecule has 1 N–H and O–H groups in total. The third-order valence-electron chi connectivity index (χ3n) is 6.05. The summed E-state index contributed by atoms with van der Waals surface area (Å²) in [6, 6.07) is 14.8. The minimum absolute atomic E-state index is 0.0889. The molecule has 0 saturated heterocycles. The number of ether oxygens (including phenoxy) is 1. The third-order valence-corrected chi connectivity index (χ3v) is 6.30. The number of aryl methyl sites for hydroxylation is 1. The highest BCUT2D eigenvalue weighted by molar-refractivity contribution is 6.30. The lowest BCUT2D eigenvalue weighted by Gasteiger charge is -2.31. The zero-order valence-electron chi connectivity index (χ0n) is 19.0. The van der Waals surface area contributed by atoms with Crippen LogP contribution >= 0.6 is 11.6 Å². The van der Waals surface area contributed by atoms with Crippen molar-refractivity contribution >= 4 is 23.4 Å². The highest BCUT2D eigenvalue weighted by Gasteiger charge is 2.30. The van der Waals surface area contributed by atoms with Gasteiger partial charge in [0, 0.05) is 17.6 Å². The van der Waals surface area contributed by atoms with Crippen LogP contribution in [0.3, 0.4) is 0 Å². The summed E-state index contributed by atoms with van der Waals surface area (Å²) in [7, 11) is 0. The standard InChI is InChI=1S/C26H33ClN2O3/c1-3-19-11-15-23(16-12-19)32-18-25(30)29(17-20-9-13-21(27)14-10-20)24(4-2)26(31)28-22-7-5-6-8-22/h9-16,22,24H,3-8,17-18H2,1-2H3,(H,28,31)/t24-/m1/s1. The molecule has 6 heteroatoms. The fourth-order valence-corrected chi connectivity index (χ4v) is 4.25. The number of hydrogen-bond acceptors (Lipinski definition) is 3. The number of hydrogen-bond donors (Lipinski definition) is 1. The molecule has 0 bridgehead atoms. The van der Waals surface area contributed by atoms with Crippen LogP contribution in [0.2, 0.25) is 5.02 Å². The molecular weight excluding hydrogens is 424 g/mol. The van der Waals surface area contributed by atoms with Gasteiger partial charge in [0.05, 0.1) is 0 Å².